The van der Waals surface area contributed by atoms with E-state index in [1.807, 2.05) is 21.1 Å². The fourth-order valence-corrected chi connectivity index (χ4v) is 7.82. The molecule has 2 unspecified atom stereocenters. The van der Waals surface area contributed by atoms with E-state index in [-0.39, 0.29) is 26.1 Å². The van der Waals surface area contributed by atoms with Gasteiger partial charge in [0.25, 0.3) is 7.82 Å². The summed E-state index contributed by atoms with van der Waals surface area (Å²) in [6, 6.07) is 0. The summed E-state index contributed by atoms with van der Waals surface area (Å²) < 4.78 is 34.0. The van der Waals surface area contributed by atoms with Crippen LogP contribution in [0, 0.1) is 0 Å². The van der Waals surface area contributed by atoms with Crippen molar-refractivity contribution in [1.82, 2.24) is 0 Å². The van der Waals surface area contributed by atoms with Crippen LogP contribution >= 0.6 is 7.82 Å². The zero-order valence-electron chi connectivity index (χ0n) is 43.1. The average molecular weight is 946 g/mol. The van der Waals surface area contributed by atoms with Crippen LogP contribution in [0.4, 0.5) is 0 Å². The number of allylic oxidation sites excluding steroid dienone is 12. The summed E-state index contributed by atoms with van der Waals surface area (Å²) in [6.45, 7) is 4.08. The van der Waals surface area contributed by atoms with Gasteiger partial charge in [0.15, 0.2) is 6.10 Å². The van der Waals surface area contributed by atoms with Crippen LogP contribution in [-0.4, -0.2) is 70.0 Å². The molecule has 10 heteroatoms. The van der Waals surface area contributed by atoms with E-state index in [1.165, 1.54) is 109 Å². The lowest BCUT2D eigenvalue weighted by Gasteiger charge is -2.28. The summed E-state index contributed by atoms with van der Waals surface area (Å²) in [7, 11) is 1.14. The molecule has 0 rings (SSSR count). The van der Waals surface area contributed by atoms with Crippen LogP contribution < -0.4 is 4.89 Å². The van der Waals surface area contributed by atoms with Crippen molar-refractivity contribution in [2.24, 2.45) is 0 Å². The summed E-state index contributed by atoms with van der Waals surface area (Å²) in [5.41, 5.74) is 0. The van der Waals surface area contributed by atoms with Crippen molar-refractivity contribution in [1.29, 1.82) is 0 Å². The summed E-state index contributed by atoms with van der Waals surface area (Å²) in [6.07, 6.45) is 60.8. The largest absolute Gasteiger partial charge is 0.756 e. The summed E-state index contributed by atoms with van der Waals surface area (Å²) >= 11 is 0. The molecular formula is C56H100NO8P. The molecule has 66 heavy (non-hydrogen) atoms. The molecular weight excluding hydrogens is 846 g/mol. The maximum absolute atomic E-state index is 12.7. The normalized spacial score (nSPS) is 14.0. The van der Waals surface area contributed by atoms with E-state index >= 15 is 0 Å². The summed E-state index contributed by atoms with van der Waals surface area (Å²) in [4.78, 5) is 37.7. The highest BCUT2D eigenvalue weighted by molar-refractivity contribution is 7.45. The number of phosphoric ester groups is 1. The van der Waals surface area contributed by atoms with Crippen molar-refractivity contribution in [2.45, 2.75) is 225 Å². The number of ether oxygens (including phenoxy) is 2. The fourth-order valence-electron chi connectivity index (χ4n) is 7.09. The molecule has 0 aliphatic carbocycles. The fraction of sp³-hybridized carbons (Fsp3) is 0.750. The highest BCUT2D eigenvalue weighted by Gasteiger charge is 2.21. The second-order valence-corrected chi connectivity index (χ2v) is 20.3. The molecule has 0 fully saturated rings. The van der Waals surface area contributed by atoms with E-state index in [1.54, 1.807) is 0 Å². The van der Waals surface area contributed by atoms with Crippen molar-refractivity contribution in [2.75, 3.05) is 47.5 Å². The molecule has 9 nitrogen and oxygen atoms in total. The summed E-state index contributed by atoms with van der Waals surface area (Å²) in [5, 5.41) is 0. The minimum atomic E-state index is -4.64. The molecule has 0 amide bonds. The number of likely N-dealkylation sites (N-methyl/N-ethyl adjacent to an activating group) is 1. The molecule has 0 aromatic carbocycles. The molecule has 0 aliphatic heterocycles. The third-order valence-electron chi connectivity index (χ3n) is 11.2. The SMILES string of the molecule is CC/C=C\C/C=C\C/C=C\C/C=C\CCCCCCC(=O)OC(COC(=O)CCCCCCCCCCCCCCC/C=C\C/C=C\CCCCCCC)COP(=O)([O-])OCC[N+](C)(C)C. The van der Waals surface area contributed by atoms with E-state index in [2.05, 4.69) is 86.8 Å². The Kier molecular flexibility index (Phi) is 45.7. The quantitative estimate of drug-likeness (QED) is 0.0195. The van der Waals surface area contributed by atoms with Gasteiger partial charge in [-0.25, -0.2) is 0 Å². The molecule has 0 radical (unpaired) electrons. The molecule has 2 atom stereocenters. The van der Waals surface area contributed by atoms with E-state index in [0.717, 1.165) is 77.0 Å². The van der Waals surface area contributed by atoms with Gasteiger partial charge >= 0.3 is 11.9 Å². The zero-order chi connectivity index (χ0) is 48.5. The highest BCUT2D eigenvalue weighted by atomic mass is 31.2. The second kappa shape index (κ2) is 47.5. The Morgan fingerprint density at radius 2 is 0.864 bits per heavy atom. The molecule has 0 aromatic heterocycles. The van der Waals surface area contributed by atoms with Gasteiger partial charge in [0.1, 0.15) is 19.8 Å². The van der Waals surface area contributed by atoms with Crippen LogP contribution in [0.2, 0.25) is 0 Å². The van der Waals surface area contributed by atoms with Gasteiger partial charge in [-0.15, -0.1) is 0 Å². The van der Waals surface area contributed by atoms with Gasteiger partial charge in [0.05, 0.1) is 27.7 Å². The average Bonchev–Trinajstić information content (AvgIpc) is 3.27. The van der Waals surface area contributed by atoms with Crippen LogP contribution in [0.5, 0.6) is 0 Å². The first-order chi connectivity index (χ1) is 32.0. The predicted octanol–water partition coefficient (Wildman–Crippen LogP) is 15.5. The number of rotatable bonds is 48. The highest BCUT2D eigenvalue weighted by Crippen LogP contribution is 2.38. The Balaban J connectivity index is 4.22. The number of unbranched alkanes of at least 4 members (excludes halogenated alkanes) is 22. The van der Waals surface area contributed by atoms with E-state index in [9.17, 15) is 19.0 Å². The molecule has 0 bridgehead atoms. The number of hydrogen-bond acceptors (Lipinski definition) is 8. The molecule has 382 valence electrons. The van der Waals surface area contributed by atoms with Crippen molar-refractivity contribution in [3.63, 3.8) is 0 Å². The number of hydrogen-bond donors (Lipinski definition) is 0. The van der Waals surface area contributed by atoms with Gasteiger partial charge in [-0.2, -0.15) is 0 Å². The molecule has 0 N–H and O–H groups in total. The third-order valence-corrected chi connectivity index (χ3v) is 12.2. The smallest absolute Gasteiger partial charge is 0.306 e. The van der Waals surface area contributed by atoms with Gasteiger partial charge in [0, 0.05) is 12.8 Å². The van der Waals surface area contributed by atoms with E-state index < -0.39 is 32.5 Å². The van der Waals surface area contributed by atoms with Gasteiger partial charge in [-0.3, -0.25) is 14.2 Å². The van der Waals surface area contributed by atoms with Gasteiger partial charge < -0.3 is 27.9 Å². The molecule has 0 heterocycles. The zero-order valence-corrected chi connectivity index (χ0v) is 44.0. The van der Waals surface area contributed by atoms with Gasteiger partial charge in [-0.1, -0.05) is 196 Å². The van der Waals surface area contributed by atoms with Crippen molar-refractivity contribution >= 4 is 19.8 Å². The standard InChI is InChI=1S/C56H100NO8P/c1-6-8-10-12-14-16-18-20-22-24-25-26-27-28-29-30-31-33-34-36-38-40-42-44-46-48-55(58)62-52-54(53-64-66(60,61)63-51-50-57(3,4)5)65-56(59)49-47-45-43-41-39-37-35-32-23-21-19-17-15-13-11-9-7-2/h9,11,15,17-18,20-21,23-25,35,37,54H,6-8,10,12-14,16,19,22,26-34,36,38-53H2,1-5H3/b11-9-,17-15-,20-18-,23-21-,25-24-,37-35-. The van der Waals surface area contributed by atoms with Crippen molar-refractivity contribution in [3.8, 4) is 0 Å². The molecule has 0 saturated carbocycles. The summed E-state index contributed by atoms with van der Waals surface area (Å²) in [5.74, 6) is -0.863. The molecule has 0 aliphatic rings. The number of quaternary nitrogens is 1. The Morgan fingerprint density at radius 1 is 0.485 bits per heavy atom. The van der Waals surface area contributed by atoms with Crippen LogP contribution in [0.3, 0.4) is 0 Å². The topological polar surface area (TPSA) is 111 Å². The van der Waals surface area contributed by atoms with Crippen LogP contribution in [0.1, 0.15) is 219 Å². The lowest BCUT2D eigenvalue weighted by molar-refractivity contribution is -0.870. The lowest BCUT2D eigenvalue weighted by atomic mass is 10.0. The van der Waals surface area contributed by atoms with Crippen LogP contribution in [-0.2, 0) is 32.7 Å². The minimum absolute atomic E-state index is 0.0389. The number of nitrogens with zero attached hydrogens (tertiary/aromatic N) is 1. The first kappa shape index (κ1) is 63.5. The van der Waals surface area contributed by atoms with Crippen LogP contribution in [0.15, 0.2) is 72.9 Å². The van der Waals surface area contributed by atoms with Crippen molar-refractivity contribution in [3.05, 3.63) is 72.9 Å². The number of carbonyl (C=O) groups excluding carboxylic acids is 2. The number of esters is 2. The minimum Gasteiger partial charge on any atom is -0.756 e. The van der Waals surface area contributed by atoms with E-state index in [4.69, 9.17) is 18.5 Å². The molecule has 0 aromatic rings. The Morgan fingerprint density at radius 3 is 1.29 bits per heavy atom. The maximum atomic E-state index is 12.7. The first-order valence-electron chi connectivity index (χ1n) is 26.6. The number of phosphoric acid groups is 1. The van der Waals surface area contributed by atoms with Crippen molar-refractivity contribution < 1.29 is 42.1 Å². The molecule has 0 saturated heterocycles. The second-order valence-electron chi connectivity index (χ2n) is 18.9. The third kappa shape index (κ3) is 50.9. The lowest BCUT2D eigenvalue weighted by Crippen LogP contribution is -2.37. The maximum Gasteiger partial charge on any atom is 0.306 e. The Bertz CT molecular complexity index is 1350. The first-order valence-corrected chi connectivity index (χ1v) is 28.1. The molecule has 0 spiro atoms. The Labute approximate surface area is 406 Å². The van der Waals surface area contributed by atoms with Gasteiger partial charge in [0.2, 0.25) is 0 Å². The van der Waals surface area contributed by atoms with Crippen LogP contribution in [0.25, 0.3) is 0 Å². The Hall–Kier alpha value is -2.55. The predicted molar refractivity (Wildman–Crippen MR) is 277 cm³/mol. The van der Waals surface area contributed by atoms with E-state index in [0.29, 0.717) is 17.4 Å². The monoisotopic (exact) mass is 946 g/mol. The number of carbonyl (C=O) groups is 2. The van der Waals surface area contributed by atoms with Gasteiger partial charge in [-0.05, 0) is 83.5 Å².